The maximum Gasteiger partial charge on any atom is 0.264 e. The fourth-order valence-corrected chi connectivity index (χ4v) is 6.92. The molecular weight excluding hydrogens is 566 g/mol. The minimum absolute atomic E-state index is 0.0522. The largest absolute Gasteiger partial charge is 0.493 e. The molecule has 0 saturated heterocycles. The van der Waals surface area contributed by atoms with Crippen molar-refractivity contribution in [3.63, 3.8) is 0 Å². The minimum atomic E-state index is -4.23. The lowest BCUT2D eigenvalue weighted by molar-refractivity contribution is -0.139. The third-order valence-corrected chi connectivity index (χ3v) is 9.61. The number of ether oxygens (including phenoxy) is 2. The Morgan fingerprint density at radius 1 is 0.907 bits per heavy atom. The molecule has 0 bridgehead atoms. The summed E-state index contributed by atoms with van der Waals surface area (Å²) in [5.41, 5.74) is 1.35. The van der Waals surface area contributed by atoms with Crippen LogP contribution in [0.2, 0.25) is 0 Å². The van der Waals surface area contributed by atoms with Crippen molar-refractivity contribution in [2.75, 3.05) is 31.6 Å². The van der Waals surface area contributed by atoms with Crippen LogP contribution in [0, 0.1) is 0 Å². The van der Waals surface area contributed by atoms with Gasteiger partial charge in [-0.1, -0.05) is 68.3 Å². The summed E-state index contributed by atoms with van der Waals surface area (Å²) in [6.45, 7) is 1.65. The number of para-hydroxylation sites is 1. The molecule has 1 saturated carbocycles. The molecule has 0 aliphatic heterocycles. The Hall–Kier alpha value is -4.05. The van der Waals surface area contributed by atoms with E-state index >= 15 is 0 Å². The van der Waals surface area contributed by atoms with Crippen molar-refractivity contribution in [1.29, 1.82) is 0 Å². The van der Waals surface area contributed by atoms with Gasteiger partial charge in [-0.05, 0) is 55.5 Å². The Labute approximate surface area is 254 Å². The zero-order valence-electron chi connectivity index (χ0n) is 25.1. The summed E-state index contributed by atoms with van der Waals surface area (Å²) < 4.78 is 40.0. The number of amides is 2. The van der Waals surface area contributed by atoms with Crippen molar-refractivity contribution in [2.24, 2.45) is 0 Å². The summed E-state index contributed by atoms with van der Waals surface area (Å²) in [6, 6.07) is 21.9. The van der Waals surface area contributed by atoms with Crippen molar-refractivity contribution in [1.82, 2.24) is 10.2 Å². The minimum Gasteiger partial charge on any atom is -0.493 e. The number of carbonyl (C=O) groups is 2. The maximum absolute atomic E-state index is 14.2. The Morgan fingerprint density at radius 2 is 1.53 bits per heavy atom. The van der Waals surface area contributed by atoms with E-state index in [1.807, 2.05) is 37.3 Å². The molecule has 0 spiro atoms. The van der Waals surface area contributed by atoms with Gasteiger partial charge in [-0.2, -0.15) is 0 Å². The molecule has 0 radical (unpaired) electrons. The van der Waals surface area contributed by atoms with Crippen LogP contribution in [0.3, 0.4) is 0 Å². The van der Waals surface area contributed by atoms with E-state index in [4.69, 9.17) is 9.47 Å². The number of nitrogens with one attached hydrogen (secondary N) is 1. The molecule has 4 rings (SSSR count). The lowest BCUT2D eigenvalue weighted by atomic mass is 10.1. The molecule has 0 aromatic heterocycles. The fraction of sp³-hybridized carbons (Fsp3) is 0.394. The van der Waals surface area contributed by atoms with Crippen molar-refractivity contribution < 1.29 is 27.5 Å². The standard InChI is InChI=1S/C33H41N3O6S/c1-4-29(33(38)34-26-15-11-12-16-26)35(22-21-25-13-7-5-8-14-25)32(37)24-36(27-17-9-6-10-18-27)43(39,40)28-19-20-30(41-2)31(23-28)42-3/h5-10,13-14,17-20,23,26,29H,4,11-12,15-16,21-22,24H2,1-3H3,(H,34,38)/t29-/m0/s1. The highest BCUT2D eigenvalue weighted by molar-refractivity contribution is 7.92. The summed E-state index contributed by atoms with van der Waals surface area (Å²) >= 11 is 0. The summed E-state index contributed by atoms with van der Waals surface area (Å²) in [7, 11) is -1.33. The van der Waals surface area contributed by atoms with Gasteiger partial charge in [0.05, 0.1) is 24.8 Å². The van der Waals surface area contributed by atoms with E-state index in [1.165, 1.54) is 37.3 Å². The zero-order chi connectivity index (χ0) is 30.8. The molecule has 1 N–H and O–H groups in total. The Balaban J connectivity index is 1.68. The second-order valence-electron chi connectivity index (χ2n) is 10.6. The lowest BCUT2D eigenvalue weighted by Crippen LogP contribution is -2.54. The first-order chi connectivity index (χ1) is 20.8. The van der Waals surface area contributed by atoms with Crippen molar-refractivity contribution >= 4 is 27.5 Å². The number of carbonyl (C=O) groups excluding carboxylic acids is 2. The quantitative estimate of drug-likeness (QED) is 0.282. The highest BCUT2D eigenvalue weighted by atomic mass is 32.2. The summed E-state index contributed by atoms with van der Waals surface area (Å²) in [5.74, 6) is -0.0287. The van der Waals surface area contributed by atoms with Crippen LogP contribution in [-0.2, 0) is 26.0 Å². The smallest absolute Gasteiger partial charge is 0.264 e. The molecule has 2 amide bonds. The molecule has 10 heteroatoms. The van der Waals surface area contributed by atoms with Crippen molar-refractivity contribution in [3.05, 3.63) is 84.4 Å². The molecule has 230 valence electrons. The number of anilines is 1. The molecular formula is C33H41N3O6S. The predicted molar refractivity (Wildman–Crippen MR) is 167 cm³/mol. The third-order valence-electron chi connectivity index (χ3n) is 7.84. The number of nitrogens with zero attached hydrogens (tertiary/aromatic N) is 2. The number of rotatable bonds is 14. The first-order valence-electron chi connectivity index (χ1n) is 14.7. The van der Waals surface area contributed by atoms with Gasteiger partial charge in [0.2, 0.25) is 11.8 Å². The lowest BCUT2D eigenvalue weighted by Gasteiger charge is -2.33. The number of methoxy groups -OCH3 is 2. The summed E-state index contributed by atoms with van der Waals surface area (Å²) in [6.07, 6.45) is 4.90. The molecule has 43 heavy (non-hydrogen) atoms. The highest BCUT2D eigenvalue weighted by Crippen LogP contribution is 2.32. The SMILES string of the molecule is CC[C@@H](C(=O)NC1CCCC1)N(CCc1ccccc1)C(=O)CN(c1ccccc1)S(=O)(=O)c1ccc(OC)c(OC)c1. The van der Waals surface area contributed by atoms with Gasteiger partial charge in [0.25, 0.3) is 10.0 Å². The van der Waals surface area contributed by atoms with Crippen molar-refractivity contribution in [3.8, 4) is 11.5 Å². The first kappa shape index (κ1) is 31.9. The molecule has 0 heterocycles. The Kier molecular flexibility index (Phi) is 11.1. The maximum atomic E-state index is 14.2. The molecule has 0 unspecified atom stereocenters. The summed E-state index contributed by atoms with van der Waals surface area (Å²) in [4.78, 5) is 29.2. The van der Waals surface area contributed by atoms with Gasteiger partial charge in [0.15, 0.2) is 11.5 Å². The van der Waals surface area contributed by atoms with Crippen LogP contribution < -0.4 is 19.1 Å². The second kappa shape index (κ2) is 14.9. The number of sulfonamides is 1. The van der Waals surface area contributed by atoms with Crippen LogP contribution in [0.15, 0.2) is 83.8 Å². The Bertz CT molecular complexity index is 1460. The van der Waals surface area contributed by atoms with Gasteiger partial charge in [-0.25, -0.2) is 8.42 Å². The number of hydrogen-bond acceptors (Lipinski definition) is 6. The van der Waals surface area contributed by atoms with Crippen LogP contribution in [0.25, 0.3) is 0 Å². The fourth-order valence-electron chi connectivity index (χ4n) is 5.49. The van der Waals surface area contributed by atoms with E-state index in [1.54, 1.807) is 30.3 Å². The Morgan fingerprint density at radius 3 is 2.14 bits per heavy atom. The molecule has 3 aromatic carbocycles. The van der Waals surface area contributed by atoms with Crippen LogP contribution in [0.4, 0.5) is 5.69 Å². The van der Waals surface area contributed by atoms with E-state index in [0.29, 0.717) is 24.3 Å². The predicted octanol–water partition coefficient (Wildman–Crippen LogP) is 4.81. The van der Waals surface area contributed by atoms with Gasteiger partial charge in [-0.15, -0.1) is 0 Å². The van der Waals surface area contributed by atoms with Crippen LogP contribution in [0.1, 0.15) is 44.6 Å². The van der Waals surface area contributed by atoms with E-state index in [2.05, 4.69) is 5.32 Å². The molecule has 1 fully saturated rings. The van der Waals surface area contributed by atoms with E-state index in [9.17, 15) is 18.0 Å². The van der Waals surface area contributed by atoms with Crippen molar-refractivity contribution in [2.45, 2.75) is 62.4 Å². The average molecular weight is 608 g/mol. The molecule has 3 aromatic rings. The van der Waals surface area contributed by atoms with E-state index in [0.717, 1.165) is 35.6 Å². The zero-order valence-corrected chi connectivity index (χ0v) is 25.9. The number of benzene rings is 3. The van der Waals surface area contributed by atoms with Crippen LogP contribution >= 0.6 is 0 Å². The van der Waals surface area contributed by atoms with Gasteiger partial charge >= 0.3 is 0 Å². The van der Waals surface area contributed by atoms with Crippen LogP contribution in [0.5, 0.6) is 11.5 Å². The summed E-state index contributed by atoms with van der Waals surface area (Å²) in [5, 5.41) is 3.14. The second-order valence-corrected chi connectivity index (χ2v) is 12.5. The molecule has 1 aliphatic rings. The topological polar surface area (TPSA) is 105 Å². The first-order valence-corrected chi connectivity index (χ1v) is 16.2. The highest BCUT2D eigenvalue weighted by Gasteiger charge is 2.34. The van der Waals surface area contributed by atoms with Gasteiger partial charge in [-0.3, -0.25) is 13.9 Å². The monoisotopic (exact) mass is 607 g/mol. The van der Waals surface area contributed by atoms with E-state index < -0.39 is 28.5 Å². The molecule has 1 atom stereocenters. The number of hydrogen-bond donors (Lipinski definition) is 1. The third kappa shape index (κ3) is 7.87. The normalized spacial score (nSPS) is 14.1. The molecule has 9 nitrogen and oxygen atoms in total. The van der Waals surface area contributed by atoms with Gasteiger partial charge in [0, 0.05) is 18.7 Å². The van der Waals surface area contributed by atoms with Gasteiger partial charge < -0.3 is 19.7 Å². The average Bonchev–Trinajstić information content (AvgIpc) is 3.55. The molecule has 1 aliphatic carbocycles. The van der Waals surface area contributed by atoms with E-state index in [-0.39, 0.29) is 29.1 Å². The van der Waals surface area contributed by atoms with Crippen LogP contribution in [-0.4, -0.2) is 64.5 Å². The van der Waals surface area contributed by atoms with Gasteiger partial charge in [0.1, 0.15) is 12.6 Å².